The molecular weight excluding hydrogens is 470 g/mol. The van der Waals surface area contributed by atoms with Crippen LogP contribution >= 0.6 is 15.9 Å². The van der Waals surface area contributed by atoms with E-state index < -0.39 is 0 Å². The average Bonchev–Trinajstić information content (AvgIpc) is 2.76. The highest BCUT2D eigenvalue weighted by atomic mass is 79.9. The Labute approximate surface area is 197 Å². The zero-order chi connectivity index (χ0) is 23.0. The van der Waals surface area contributed by atoms with Crippen LogP contribution in [0.1, 0.15) is 26.3 Å². The summed E-state index contributed by atoms with van der Waals surface area (Å²) in [5.74, 6) is 1.84. The van der Waals surface area contributed by atoms with E-state index in [1.165, 1.54) is 5.56 Å². The first-order valence-electron chi connectivity index (χ1n) is 10.4. The molecular formula is C26H28BrNO4. The maximum absolute atomic E-state index is 12.3. The largest absolute Gasteiger partial charge is 0.490 e. The van der Waals surface area contributed by atoms with Crippen molar-refractivity contribution in [3.05, 3.63) is 82.8 Å². The third-order valence-electron chi connectivity index (χ3n) is 4.64. The number of hydrogen-bond acceptors (Lipinski definition) is 4. The predicted molar refractivity (Wildman–Crippen MR) is 131 cm³/mol. The summed E-state index contributed by atoms with van der Waals surface area (Å²) in [4.78, 5) is 12.3. The standard InChI is InChI=1S/C26H28BrNO4/c1-26(2,3)19-12-13-24(23(27)16-19)32-18-25(29)28-20-8-7-11-22(17-20)31-15-14-30-21-9-5-4-6-10-21/h4-13,16-17H,14-15,18H2,1-3H3,(H,28,29). The number of halogens is 1. The van der Waals surface area contributed by atoms with Gasteiger partial charge in [0.15, 0.2) is 6.61 Å². The van der Waals surface area contributed by atoms with Gasteiger partial charge in [-0.15, -0.1) is 0 Å². The molecule has 1 N–H and O–H groups in total. The lowest BCUT2D eigenvalue weighted by Crippen LogP contribution is -2.20. The minimum atomic E-state index is -0.249. The van der Waals surface area contributed by atoms with E-state index in [9.17, 15) is 4.79 Å². The highest BCUT2D eigenvalue weighted by Gasteiger charge is 2.15. The molecule has 0 aromatic heterocycles. The number of carbonyl (C=O) groups is 1. The highest BCUT2D eigenvalue weighted by molar-refractivity contribution is 9.10. The molecule has 0 atom stereocenters. The van der Waals surface area contributed by atoms with Crippen molar-refractivity contribution in [3.8, 4) is 17.2 Å². The van der Waals surface area contributed by atoms with Gasteiger partial charge in [-0.05, 0) is 63.3 Å². The second-order valence-corrected chi connectivity index (χ2v) is 9.12. The summed E-state index contributed by atoms with van der Waals surface area (Å²) in [6.07, 6.45) is 0. The molecule has 32 heavy (non-hydrogen) atoms. The molecule has 0 saturated carbocycles. The summed E-state index contributed by atoms with van der Waals surface area (Å²) in [5.41, 5.74) is 1.87. The van der Waals surface area contributed by atoms with Crippen molar-refractivity contribution in [2.24, 2.45) is 0 Å². The summed E-state index contributed by atoms with van der Waals surface area (Å²) < 4.78 is 17.8. The first kappa shape index (κ1) is 23.7. The van der Waals surface area contributed by atoms with E-state index >= 15 is 0 Å². The molecule has 0 aliphatic carbocycles. The number of para-hydroxylation sites is 1. The number of rotatable bonds is 9. The Bertz CT molecular complexity index is 1030. The smallest absolute Gasteiger partial charge is 0.262 e. The molecule has 0 spiro atoms. The van der Waals surface area contributed by atoms with Crippen LogP contribution in [0.25, 0.3) is 0 Å². The third kappa shape index (κ3) is 7.31. The Balaban J connectivity index is 1.46. The molecule has 3 aromatic carbocycles. The zero-order valence-electron chi connectivity index (χ0n) is 18.6. The molecule has 0 aliphatic heterocycles. The fourth-order valence-electron chi connectivity index (χ4n) is 2.92. The number of hydrogen-bond donors (Lipinski definition) is 1. The van der Waals surface area contributed by atoms with Crippen LogP contribution in [0.2, 0.25) is 0 Å². The van der Waals surface area contributed by atoms with Crippen molar-refractivity contribution in [2.45, 2.75) is 26.2 Å². The maximum Gasteiger partial charge on any atom is 0.262 e. The van der Waals surface area contributed by atoms with Gasteiger partial charge < -0.3 is 19.5 Å². The molecule has 3 aromatic rings. The van der Waals surface area contributed by atoms with Gasteiger partial charge in [-0.3, -0.25) is 4.79 Å². The lowest BCUT2D eigenvalue weighted by Gasteiger charge is -2.20. The fourth-order valence-corrected chi connectivity index (χ4v) is 3.42. The van der Waals surface area contributed by atoms with Crippen LogP contribution in [0.15, 0.2) is 77.3 Å². The Morgan fingerprint density at radius 1 is 0.844 bits per heavy atom. The van der Waals surface area contributed by atoms with E-state index in [-0.39, 0.29) is 17.9 Å². The van der Waals surface area contributed by atoms with E-state index in [0.29, 0.717) is 30.4 Å². The van der Waals surface area contributed by atoms with Gasteiger partial charge in [0.05, 0.1) is 4.47 Å². The minimum absolute atomic E-state index is 0.0409. The summed E-state index contributed by atoms with van der Waals surface area (Å²) in [5, 5.41) is 2.83. The predicted octanol–water partition coefficient (Wildman–Crippen LogP) is 6.22. The van der Waals surface area contributed by atoms with Crippen molar-refractivity contribution in [1.29, 1.82) is 0 Å². The number of ether oxygens (including phenoxy) is 3. The van der Waals surface area contributed by atoms with Gasteiger partial charge in [0, 0.05) is 11.8 Å². The molecule has 0 heterocycles. The zero-order valence-corrected chi connectivity index (χ0v) is 20.1. The van der Waals surface area contributed by atoms with Gasteiger partial charge in [0.1, 0.15) is 30.5 Å². The number of carbonyl (C=O) groups excluding carboxylic acids is 1. The summed E-state index contributed by atoms with van der Waals surface area (Å²) in [7, 11) is 0. The van der Waals surface area contributed by atoms with Crippen molar-refractivity contribution in [2.75, 3.05) is 25.1 Å². The van der Waals surface area contributed by atoms with Crippen LogP contribution < -0.4 is 19.5 Å². The van der Waals surface area contributed by atoms with Crippen LogP contribution in [0.4, 0.5) is 5.69 Å². The van der Waals surface area contributed by atoms with E-state index in [1.54, 1.807) is 12.1 Å². The molecule has 6 heteroatoms. The third-order valence-corrected chi connectivity index (χ3v) is 5.26. The van der Waals surface area contributed by atoms with E-state index in [0.717, 1.165) is 10.2 Å². The summed E-state index contributed by atoms with van der Waals surface area (Å²) >= 11 is 3.53. The first-order valence-corrected chi connectivity index (χ1v) is 11.2. The highest BCUT2D eigenvalue weighted by Crippen LogP contribution is 2.31. The summed E-state index contributed by atoms with van der Waals surface area (Å²) in [6, 6.07) is 22.7. The SMILES string of the molecule is CC(C)(C)c1ccc(OCC(=O)Nc2cccc(OCCOc3ccccc3)c2)c(Br)c1. The van der Waals surface area contributed by atoms with Gasteiger partial charge in [-0.2, -0.15) is 0 Å². The van der Waals surface area contributed by atoms with Crippen molar-refractivity contribution in [1.82, 2.24) is 0 Å². The van der Waals surface area contributed by atoms with Crippen LogP contribution in [0.5, 0.6) is 17.2 Å². The first-order chi connectivity index (χ1) is 15.3. The second kappa shape index (κ2) is 11.0. The Morgan fingerprint density at radius 3 is 2.22 bits per heavy atom. The van der Waals surface area contributed by atoms with E-state index in [1.807, 2.05) is 60.7 Å². The monoisotopic (exact) mass is 497 g/mol. The van der Waals surface area contributed by atoms with Crippen LogP contribution in [-0.4, -0.2) is 25.7 Å². The lowest BCUT2D eigenvalue weighted by atomic mass is 9.87. The quantitative estimate of drug-likeness (QED) is 0.356. The molecule has 0 bridgehead atoms. The topological polar surface area (TPSA) is 56.8 Å². The second-order valence-electron chi connectivity index (χ2n) is 8.27. The number of benzene rings is 3. The Morgan fingerprint density at radius 2 is 1.53 bits per heavy atom. The van der Waals surface area contributed by atoms with Crippen LogP contribution in [-0.2, 0) is 10.2 Å². The van der Waals surface area contributed by atoms with Gasteiger partial charge >= 0.3 is 0 Å². The van der Waals surface area contributed by atoms with Gasteiger partial charge in [-0.25, -0.2) is 0 Å². The molecule has 1 amide bonds. The molecule has 5 nitrogen and oxygen atoms in total. The number of amides is 1. The Hall–Kier alpha value is -2.99. The van der Waals surface area contributed by atoms with E-state index in [2.05, 4.69) is 42.0 Å². The number of anilines is 1. The lowest BCUT2D eigenvalue weighted by molar-refractivity contribution is -0.118. The van der Waals surface area contributed by atoms with Gasteiger partial charge in [0.25, 0.3) is 5.91 Å². The van der Waals surface area contributed by atoms with Crippen molar-refractivity contribution in [3.63, 3.8) is 0 Å². The summed E-state index contributed by atoms with van der Waals surface area (Å²) in [6.45, 7) is 7.18. The van der Waals surface area contributed by atoms with Crippen LogP contribution in [0.3, 0.4) is 0 Å². The molecule has 0 fully saturated rings. The minimum Gasteiger partial charge on any atom is -0.490 e. The van der Waals surface area contributed by atoms with Crippen LogP contribution in [0, 0.1) is 0 Å². The Kier molecular flexibility index (Phi) is 8.17. The molecule has 0 unspecified atom stereocenters. The molecule has 0 saturated heterocycles. The molecule has 0 aliphatic rings. The molecule has 168 valence electrons. The van der Waals surface area contributed by atoms with Crippen molar-refractivity contribution >= 4 is 27.5 Å². The van der Waals surface area contributed by atoms with Gasteiger partial charge in [0.2, 0.25) is 0 Å². The molecule has 3 rings (SSSR count). The van der Waals surface area contributed by atoms with Gasteiger partial charge in [-0.1, -0.05) is 51.1 Å². The maximum atomic E-state index is 12.3. The molecule has 0 radical (unpaired) electrons. The number of nitrogens with one attached hydrogen (secondary N) is 1. The fraction of sp³-hybridized carbons (Fsp3) is 0.269. The van der Waals surface area contributed by atoms with Crippen molar-refractivity contribution < 1.29 is 19.0 Å². The normalized spacial score (nSPS) is 11.0. The average molecular weight is 498 g/mol. The van der Waals surface area contributed by atoms with E-state index in [4.69, 9.17) is 14.2 Å².